The zero-order valence-electron chi connectivity index (χ0n) is 6.44. The number of fused-ring (bicyclic) bond motifs is 1. The summed E-state index contributed by atoms with van der Waals surface area (Å²) in [6, 6.07) is 3.22. The maximum Gasteiger partial charge on any atom is 0.354 e. The van der Waals surface area contributed by atoms with Crippen molar-refractivity contribution in [2.75, 3.05) is 0 Å². The molecule has 0 bridgehead atoms. The normalized spacial score (nSPS) is 10.5. The molecule has 2 heterocycles. The molecular weight excluding hydrogens is 192 g/mol. The smallest absolute Gasteiger partial charge is 0.354 e. The van der Waals surface area contributed by atoms with Crippen LogP contribution in [0.2, 0.25) is 5.02 Å². The summed E-state index contributed by atoms with van der Waals surface area (Å²) in [6.45, 7) is 0. The maximum absolute atomic E-state index is 10.7. The molecule has 0 radical (unpaired) electrons. The van der Waals surface area contributed by atoms with Crippen molar-refractivity contribution in [1.82, 2.24) is 9.38 Å². The van der Waals surface area contributed by atoms with Crippen LogP contribution < -0.4 is 0 Å². The highest BCUT2D eigenvalue weighted by molar-refractivity contribution is 6.30. The van der Waals surface area contributed by atoms with E-state index in [0.29, 0.717) is 10.7 Å². The molecule has 0 aliphatic carbocycles. The number of pyridine rings is 1. The van der Waals surface area contributed by atoms with Crippen molar-refractivity contribution in [3.63, 3.8) is 0 Å². The highest BCUT2D eigenvalue weighted by Gasteiger charge is 2.09. The predicted molar refractivity (Wildman–Crippen MR) is 47.2 cm³/mol. The van der Waals surface area contributed by atoms with Gasteiger partial charge in [-0.1, -0.05) is 11.6 Å². The summed E-state index contributed by atoms with van der Waals surface area (Å²) in [5.41, 5.74) is 0.663. The van der Waals surface area contributed by atoms with Gasteiger partial charge in [-0.25, -0.2) is 9.78 Å². The number of rotatable bonds is 1. The molecule has 4 nitrogen and oxygen atoms in total. The predicted octanol–water partition coefficient (Wildman–Crippen LogP) is 1.69. The van der Waals surface area contributed by atoms with Crippen LogP contribution in [-0.2, 0) is 0 Å². The molecule has 0 aliphatic rings. The Morgan fingerprint density at radius 1 is 1.62 bits per heavy atom. The molecule has 2 rings (SSSR count). The number of hydrogen-bond donors (Lipinski definition) is 1. The van der Waals surface area contributed by atoms with Gasteiger partial charge in [-0.3, -0.25) is 4.40 Å². The van der Waals surface area contributed by atoms with Gasteiger partial charge in [0.25, 0.3) is 0 Å². The molecule has 0 fully saturated rings. The zero-order chi connectivity index (χ0) is 9.42. The van der Waals surface area contributed by atoms with Gasteiger partial charge in [-0.05, 0) is 6.07 Å². The Balaban J connectivity index is 2.76. The van der Waals surface area contributed by atoms with Crippen LogP contribution in [0.3, 0.4) is 0 Å². The molecule has 0 atom stereocenters. The zero-order valence-corrected chi connectivity index (χ0v) is 7.19. The summed E-state index contributed by atoms with van der Waals surface area (Å²) in [6.07, 6.45) is 2.88. The quantitative estimate of drug-likeness (QED) is 0.755. The third kappa shape index (κ3) is 1.25. The largest absolute Gasteiger partial charge is 0.477 e. The van der Waals surface area contributed by atoms with Gasteiger partial charge in [-0.15, -0.1) is 0 Å². The summed E-state index contributed by atoms with van der Waals surface area (Å²) in [5, 5.41) is 9.28. The molecule has 0 spiro atoms. The third-order valence-corrected chi connectivity index (χ3v) is 1.93. The van der Waals surface area contributed by atoms with E-state index < -0.39 is 5.97 Å². The Morgan fingerprint density at radius 2 is 2.38 bits per heavy atom. The van der Waals surface area contributed by atoms with Gasteiger partial charge >= 0.3 is 5.97 Å². The fraction of sp³-hybridized carbons (Fsp3) is 0. The van der Waals surface area contributed by atoms with E-state index in [2.05, 4.69) is 4.98 Å². The van der Waals surface area contributed by atoms with Crippen LogP contribution in [0, 0.1) is 0 Å². The van der Waals surface area contributed by atoms with Crippen LogP contribution in [0.4, 0.5) is 0 Å². The SMILES string of the molecule is O=C(O)c1cnc2cc(Cl)ccn12. The van der Waals surface area contributed by atoms with Crippen molar-refractivity contribution in [1.29, 1.82) is 0 Å². The second-order valence-corrected chi connectivity index (χ2v) is 2.96. The molecular formula is C8H5ClN2O2. The number of carbonyl (C=O) groups is 1. The second kappa shape index (κ2) is 2.74. The van der Waals surface area contributed by atoms with E-state index >= 15 is 0 Å². The topological polar surface area (TPSA) is 54.6 Å². The summed E-state index contributed by atoms with van der Waals surface area (Å²) < 4.78 is 1.47. The number of aromatic carboxylic acids is 1. The summed E-state index contributed by atoms with van der Waals surface area (Å²) in [5.74, 6) is -1.00. The molecule has 0 unspecified atom stereocenters. The Bertz CT molecular complexity index is 478. The van der Waals surface area contributed by atoms with Crippen LogP contribution in [0.5, 0.6) is 0 Å². The van der Waals surface area contributed by atoms with Gasteiger partial charge in [0.1, 0.15) is 5.65 Å². The van der Waals surface area contributed by atoms with E-state index in [-0.39, 0.29) is 5.69 Å². The lowest BCUT2D eigenvalue weighted by Crippen LogP contribution is -2.00. The molecule has 5 heteroatoms. The number of carboxylic acids is 1. The van der Waals surface area contributed by atoms with E-state index in [9.17, 15) is 4.79 Å². The van der Waals surface area contributed by atoms with E-state index in [1.807, 2.05) is 0 Å². The molecule has 13 heavy (non-hydrogen) atoms. The highest BCUT2D eigenvalue weighted by atomic mass is 35.5. The van der Waals surface area contributed by atoms with Crippen LogP contribution in [-0.4, -0.2) is 20.5 Å². The standard InChI is InChI=1S/C8H5ClN2O2/c9-5-1-2-11-6(8(12)13)4-10-7(11)3-5/h1-4H,(H,12,13). The van der Waals surface area contributed by atoms with Crippen molar-refractivity contribution in [2.45, 2.75) is 0 Å². The van der Waals surface area contributed by atoms with E-state index in [1.54, 1.807) is 18.3 Å². The van der Waals surface area contributed by atoms with Crippen molar-refractivity contribution in [3.8, 4) is 0 Å². The van der Waals surface area contributed by atoms with Gasteiger partial charge in [-0.2, -0.15) is 0 Å². The first-order chi connectivity index (χ1) is 6.18. The van der Waals surface area contributed by atoms with Crippen molar-refractivity contribution in [3.05, 3.63) is 35.2 Å². The third-order valence-electron chi connectivity index (χ3n) is 1.69. The average Bonchev–Trinajstić information content (AvgIpc) is 2.46. The van der Waals surface area contributed by atoms with Gasteiger partial charge in [0.15, 0.2) is 5.69 Å². The first-order valence-electron chi connectivity index (χ1n) is 3.54. The number of carboxylic acid groups (broad SMARTS) is 1. The molecule has 1 N–H and O–H groups in total. The number of halogens is 1. The first kappa shape index (κ1) is 8.07. The Kier molecular flexibility index (Phi) is 1.70. The minimum Gasteiger partial charge on any atom is -0.477 e. The fourth-order valence-corrected chi connectivity index (χ4v) is 1.27. The second-order valence-electron chi connectivity index (χ2n) is 2.52. The van der Waals surface area contributed by atoms with Crippen LogP contribution in [0.25, 0.3) is 5.65 Å². The number of hydrogen-bond acceptors (Lipinski definition) is 2. The van der Waals surface area contributed by atoms with Gasteiger partial charge < -0.3 is 5.11 Å². The lowest BCUT2D eigenvalue weighted by atomic mass is 10.4. The van der Waals surface area contributed by atoms with Gasteiger partial charge in [0.05, 0.1) is 6.20 Å². The number of aromatic nitrogens is 2. The molecule has 0 saturated heterocycles. The van der Waals surface area contributed by atoms with Crippen molar-refractivity contribution >= 4 is 23.2 Å². The molecule has 66 valence electrons. The van der Waals surface area contributed by atoms with Crippen LogP contribution in [0.15, 0.2) is 24.5 Å². The van der Waals surface area contributed by atoms with E-state index in [4.69, 9.17) is 16.7 Å². The fourth-order valence-electron chi connectivity index (χ4n) is 1.11. The molecule has 2 aromatic heterocycles. The van der Waals surface area contributed by atoms with Crippen LogP contribution >= 0.6 is 11.6 Å². The summed E-state index contributed by atoms with van der Waals surface area (Å²) in [7, 11) is 0. The lowest BCUT2D eigenvalue weighted by Gasteiger charge is -1.95. The molecule has 0 aromatic carbocycles. The van der Waals surface area contributed by atoms with E-state index in [1.165, 1.54) is 10.6 Å². The van der Waals surface area contributed by atoms with Gasteiger partial charge in [0.2, 0.25) is 0 Å². The highest BCUT2D eigenvalue weighted by Crippen LogP contribution is 2.12. The number of nitrogens with zero attached hydrogens (tertiary/aromatic N) is 2. The van der Waals surface area contributed by atoms with Crippen LogP contribution in [0.1, 0.15) is 10.5 Å². The summed E-state index contributed by atoms with van der Waals surface area (Å²) in [4.78, 5) is 14.6. The maximum atomic E-state index is 10.7. The Labute approximate surface area is 78.4 Å². The molecule has 2 aromatic rings. The monoisotopic (exact) mass is 196 g/mol. The molecule has 0 amide bonds. The van der Waals surface area contributed by atoms with Crippen molar-refractivity contribution < 1.29 is 9.90 Å². The van der Waals surface area contributed by atoms with Crippen molar-refractivity contribution in [2.24, 2.45) is 0 Å². The summed E-state index contributed by atoms with van der Waals surface area (Å²) >= 11 is 5.71. The lowest BCUT2D eigenvalue weighted by molar-refractivity contribution is 0.0689. The molecule has 0 aliphatic heterocycles. The first-order valence-corrected chi connectivity index (χ1v) is 3.92. The molecule has 0 saturated carbocycles. The Hall–Kier alpha value is -1.55. The number of imidazole rings is 1. The minimum absolute atomic E-state index is 0.131. The van der Waals surface area contributed by atoms with E-state index in [0.717, 1.165) is 0 Å². The van der Waals surface area contributed by atoms with Gasteiger partial charge in [0, 0.05) is 17.3 Å². The minimum atomic E-state index is -1.00. The Morgan fingerprint density at radius 3 is 3.08 bits per heavy atom. The average molecular weight is 197 g/mol.